The second-order valence-electron chi connectivity index (χ2n) is 6.65. The normalized spacial score (nSPS) is 11.1. The van der Waals surface area contributed by atoms with Crippen molar-refractivity contribution in [2.45, 2.75) is 26.6 Å². The Kier molecular flexibility index (Phi) is 4.90. The number of aryl methyl sites for hydroxylation is 1. The fourth-order valence-electron chi connectivity index (χ4n) is 3.19. The Morgan fingerprint density at radius 2 is 1.83 bits per heavy atom. The number of carbonyl (C=O) groups is 1. The van der Waals surface area contributed by atoms with E-state index in [1.54, 1.807) is 42.5 Å². The van der Waals surface area contributed by atoms with Gasteiger partial charge in [-0.15, -0.1) is 0 Å². The first-order valence-corrected chi connectivity index (χ1v) is 9.09. The predicted molar refractivity (Wildman–Crippen MR) is 106 cm³/mol. The second kappa shape index (κ2) is 7.67. The zero-order valence-corrected chi connectivity index (χ0v) is 15.8. The standard InChI is InChI=1S/C21H19N3O5/c1-14-8-9-15(29-14)11-22-19(25)13-23-18-7-3-2-6-17(18)20(26)24(21(23)27)12-16-5-4-10-28-16/h2-10H,11-13H2,1H3,(H,22,25). The average Bonchev–Trinajstić information content (AvgIpc) is 3.38. The lowest BCUT2D eigenvalue weighted by atomic mass is 10.2. The summed E-state index contributed by atoms with van der Waals surface area (Å²) >= 11 is 0. The third-order valence-electron chi connectivity index (χ3n) is 4.58. The van der Waals surface area contributed by atoms with Gasteiger partial charge >= 0.3 is 5.69 Å². The van der Waals surface area contributed by atoms with Gasteiger partial charge in [-0.3, -0.25) is 18.7 Å². The Labute approximate surface area is 165 Å². The monoisotopic (exact) mass is 393 g/mol. The number of para-hydroxylation sites is 1. The molecule has 1 amide bonds. The van der Waals surface area contributed by atoms with E-state index in [9.17, 15) is 14.4 Å². The lowest BCUT2D eigenvalue weighted by Gasteiger charge is -2.13. The van der Waals surface area contributed by atoms with Crippen LogP contribution in [0.2, 0.25) is 0 Å². The Hall–Kier alpha value is -3.81. The molecular formula is C21H19N3O5. The molecular weight excluding hydrogens is 374 g/mol. The van der Waals surface area contributed by atoms with Gasteiger partial charge in [-0.25, -0.2) is 4.79 Å². The highest BCUT2D eigenvalue weighted by Gasteiger charge is 2.16. The lowest BCUT2D eigenvalue weighted by Crippen LogP contribution is -2.42. The van der Waals surface area contributed by atoms with Gasteiger partial charge in [-0.05, 0) is 43.3 Å². The van der Waals surface area contributed by atoms with Gasteiger partial charge in [0, 0.05) is 0 Å². The average molecular weight is 393 g/mol. The molecule has 29 heavy (non-hydrogen) atoms. The largest absolute Gasteiger partial charge is 0.467 e. The van der Waals surface area contributed by atoms with Gasteiger partial charge in [0.05, 0.1) is 30.3 Å². The molecule has 0 saturated heterocycles. The molecule has 0 fully saturated rings. The number of nitrogens with one attached hydrogen (secondary N) is 1. The van der Waals surface area contributed by atoms with Crippen molar-refractivity contribution < 1.29 is 13.6 Å². The number of aromatic nitrogens is 2. The molecule has 0 aliphatic heterocycles. The first kappa shape index (κ1) is 18.5. The molecule has 0 radical (unpaired) electrons. The number of furan rings is 2. The summed E-state index contributed by atoms with van der Waals surface area (Å²) in [6.07, 6.45) is 1.48. The summed E-state index contributed by atoms with van der Waals surface area (Å²) in [5.74, 6) is 1.48. The number of hydrogen-bond donors (Lipinski definition) is 1. The maximum atomic E-state index is 13.0. The van der Waals surface area contributed by atoms with E-state index in [1.807, 2.05) is 13.0 Å². The van der Waals surface area contributed by atoms with Crippen LogP contribution in [0.4, 0.5) is 0 Å². The van der Waals surface area contributed by atoms with Crippen LogP contribution in [0.15, 0.2) is 73.2 Å². The van der Waals surface area contributed by atoms with E-state index in [0.717, 1.165) is 10.3 Å². The third kappa shape index (κ3) is 3.77. The summed E-state index contributed by atoms with van der Waals surface area (Å²) in [4.78, 5) is 38.3. The van der Waals surface area contributed by atoms with E-state index in [-0.39, 0.29) is 25.5 Å². The molecule has 8 heteroatoms. The number of nitrogens with zero attached hydrogens (tertiary/aromatic N) is 2. The summed E-state index contributed by atoms with van der Waals surface area (Å²) in [5.41, 5.74) is -0.596. The van der Waals surface area contributed by atoms with Crippen molar-refractivity contribution in [3.8, 4) is 0 Å². The summed E-state index contributed by atoms with van der Waals surface area (Å²) in [6.45, 7) is 1.80. The van der Waals surface area contributed by atoms with Crippen molar-refractivity contribution in [3.05, 3.63) is 92.9 Å². The minimum absolute atomic E-state index is 0.0111. The molecule has 4 rings (SSSR count). The van der Waals surface area contributed by atoms with Crippen molar-refractivity contribution in [1.29, 1.82) is 0 Å². The minimum atomic E-state index is -0.575. The highest BCUT2D eigenvalue weighted by Crippen LogP contribution is 2.09. The van der Waals surface area contributed by atoms with Gasteiger partial charge in [0.25, 0.3) is 5.56 Å². The maximum absolute atomic E-state index is 13.0. The minimum Gasteiger partial charge on any atom is -0.467 e. The van der Waals surface area contributed by atoms with Crippen LogP contribution in [-0.2, 0) is 24.4 Å². The summed E-state index contributed by atoms with van der Waals surface area (Å²) in [5, 5.41) is 3.09. The molecule has 0 saturated carbocycles. The molecule has 4 aromatic rings. The number of benzene rings is 1. The molecule has 0 bridgehead atoms. The van der Waals surface area contributed by atoms with Gasteiger partial charge < -0.3 is 14.2 Å². The first-order valence-electron chi connectivity index (χ1n) is 9.09. The fourth-order valence-corrected chi connectivity index (χ4v) is 3.19. The molecule has 3 aromatic heterocycles. The van der Waals surface area contributed by atoms with E-state index in [4.69, 9.17) is 8.83 Å². The van der Waals surface area contributed by atoms with Crippen LogP contribution in [0.25, 0.3) is 10.9 Å². The fraction of sp³-hybridized carbons (Fsp3) is 0.190. The topological polar surface area (TPSA) is 99.4 Å². The van der Waals surface area contributed by atoms with Crippen LogP contribution in [0, 0.1) is 6.92 Å². The van der Waals surface area contributed by atoms with Gasteiger partial charge in [-0.2, -0.15) is 0 Å². The van der Waals surface area contributed by atoms with Gasteiger partial charge in [-0.1, -0.05) is 12.1 Å². The van der Waals surface area contributed by atoms with Crippen LogP contribution in [0.3, 0.4) is 0 Å². The molecule has 0 spiro atoms. The molecule has 0 unspecified atom stereocenters. The van der Waals surface area contributed by atoms with E-state index in [1.165, 1.54) is 10.8 Å². The highest BCUT2D eigenvalue weighted by molar-refractivity contribution is 5.81. The smallest absolute Gasteiger partial charge is 0.332 e. The van der Waals surface area contributed by atoms with Crippen molar-refractivity contribution in [2.24, 2.45) is 0 Å². The highest BCUT2D eigenvalue weighted by atomic mass is 16.3. The summed E-state index contributed by atoms with van der Waals surface area (Å²) < 4.78 is 13.1. The summed E-state index contributed by atoms with van der Waals surface area (Å²) in [6, 6.07) is 13.7. The molecule has 1 aromatic carbocycles. The lowest BCUT2D eigenvalue weighted by molar-refractivity contribution is -0.121. The summed E-state index contributed by atoms with van der Waals surface area (Å²) in [7, 11) is 0. The number of rotatable bonds is 6. The molecule has 0 aliphatic rings. The van der Waals surface area contributed by atoms with Gasteiger partial charge in [0.15, 0.2) is 0 Å². The van der Waals surface area contributed by atoms with Crippen LogP contribution >= 0.6 is 0 Å². The quantitative estimate of drug-likeness (QED) is 0.540. The Morgan fingerprint density at radius 3 is 2.55 bits per heavy atom. The Bertz CT molecular complexity index is 1280. The van der Waals surface area contributed by atoms with Crippen molar-refractivity contribution in [1.82, 2.24) is 14.5 Å². The van der Waals surface area contributed by atoms with Crippen molar-refractivity contribution in [2.75, 3.05) is 0 Å². The Morgan fingerprint density at radius 1 is 1.00 bits per heavy atom. The molecule has 148 valence electrons. The van der Waals surface area contributed by atoms with Crippen LogP contribution < -0.4 is 16.6 Å². The third-order valence-corrected chi connectivity index (χ3v) is 4.58. The predicted octanol–water partition coefficient (Wildman–Crippen LogP) is 2.02. The van der Waals surface area contributed by atoms with E-state index < -0.39 is 11.2 Å². The first-order chi connectivity index (χ1) is 14.0. The van der Waals surface area contributed by atoms with Crippen molar-refractivity contribution >= 4 is 16.8 Å². The number of hydrogen-bond acceptors (Lipinski definition) is 5. The maximum Gasteiger partial charge on any atom is 0.332 e. The number of amides is 1. The molecule has 0 atom stereocenters. The zero-order valence-electron chi connectivity index (χ0n) is 15.8. The van der Waals surface area contributed by atoms with Gasteiger partial charge in [0.2, 0.25) is 5.91 Å². The Balaban J connectivity index is 1.68. The number of fused-ring (bicyclic) bond motifs is 1. The number of carbonyl (C=O) groups excluding carboxylic acids is 1. The van der Waals surface area contributed by atoms with E-state index in [2.05, 4.69) is 5.32 Å². The van der Waals surface area contributed by atoms with Gasteiger partial charge in [0.1, 0.15) is 23.8 Å². The molecule has 1 N–H and O–H groups in total. The second-order valence-corrected chi connectivity index (χ2v) is 6.65. The van der Waals surface area contributed by atoms with Crippen LogP contribution in [-0.4, -0.2) is 15.0 Å². The SMILES string of the molecule is Cc1ccc(CNC(=O)Cn2c(=O)n(Cc3ccco3)c(=O)c3ccccc32)o1. The van der Waals surface area contributed by atoms with Crippen LogP contribution in [0.5, 0.6) is 0 Å². The molecule has 0 aliphatic carbocycles. The van der Waals surface area contributed by atoms with E-state index >= 15 is 0 Å². The molecule has 8 nitrogen and oxygen atoms in total. The van der Waals surface area contributed by atoms with Crippen LogP contribution in [0.1, 0.15) is 17.3 Å². The van der Waals surface area contributed by atoms with E-state index in [0.29, 0.717) is 22.4 Å². The van der Waals surface area contributed by atoms with Crippen molar-refractivity contribution in [3.63, 3.8) is 0 Å². The zero-order chi connectivity index (χ0) is 20.4. The molecule has 3 heterocycles.